The zero-order valence-corrected chi connectivity index (χ0v) is 27.4. The molecule has 4 nitrogen and oxygen atoms in total. The predicted octanol–water partition coefficient (Wildman–Crippen LogP) is 3.31. The van der Waals surface area contributed by atoms with Crippen molar-refractivity contribution in [3.05, 3.63) is 119 Å². The Labute approximate surface area is 249 Å². The van der Waals surface area contributed by atoms with E-state index in [2.05, 4.69) is 173 Å². The Kier molecular flexibility index (Phi) is 10.3. The van der Waals surface area contributed by atoms with Crippen molar-refractivity contribution in [2.75, 3.05) is 56.4 Å². The summed E-state index contributed by atoms with van der Waals surface area (Å²) < 4.78 is 0. The van der Waals surface area contributed by atoms with Gasteiger partial charge in [-0.2, -0.15) is 0 Å². The fourth-order valence-electron chi connectivity index (χ4n) is 5.90. The first-order chi connectivity index (χ1) is 19.6. The van der Waals surface area contributed by atoms with Crippen LogP contribution in [0, 0.1) is 0 Å². The molecule has 0 radical (unpaired) electrons. The molecule has 0 amide bonds. The fourth-order valence-corrected chi connectivity index (χ4v) is 10.6. The lowest BCUT2D eigenvalue weighted by Gasteiger charge is -2.35. The van der Waals surface area contributed by atoms with Crippen LogP contribution >= 0.6 is 0 Å². The van der Waals surface area contributed by atoms with Crippen LogP contribution in [0.4, 0.5) is 0 Å². The summed E-state index contributed by atoms with van der Waals surface area (Å²) in [4.78, 5) is 8.93. The summed E-state index contributed by atoms with van der Waals surface area (Å²) in [5.74, 6) is 0. The molecule has 0 aliphatic heterocycles. The van der Waals surface area contributed by atoms with Crippen molar-refractivity contribution in [3.8, 4) is 0 Å². The van der Waals surface area contributed by atoms with E-state index in [1.807, 2.05) is 0 Å². The second kappa shape index (κ2) is 13.7. The van der Waals surface area contributed by atoms with E-state index < -0.39 is 8.07 Å². The van der Waals surface area contributed by atoms with E-state index in [1.165, 1.54) is 43.0 Å². The minimum absolute atomic E-state index is 0.937. The molecule has 0 aliphatic rings. The van der Waals surface area contributed by atoms with Crippen molar-refractivity contribution in [2.45, 2.75) is 26.2 Å². The molecule has 0 bridgehead atoms. The first-order valence-corrected chi connectivity index (χ1v) is 16.5. The van der Waals surface area contributed by atoms with Crippen molar-refractivity contribution in [1.82, 2.24) is 19.6 Å². The summed E-state index contributed by atoms with van der Waals surface area (Å²) in [6.07, 6.45) is 0. The molecule has 4 rings (SSSR count). The Balaban J connectivity index is 1.96. The highest BCUT2D eigenvalue weighted by Gasteiger charge is 2.41. The number of hydrogen-bond donors (Lipinski definition) is 0. The van der Waals surface area contributed by atoms with Gasteiger partial charge in [0.2, 0.25) is 0 Å². The summed E-state index contributed by atoms with van der Waals surface area (Å²) >= 11 is 0. The van der Waals surface area contributed by atoms with Gasteiger partial charge >= 0.3 is 0 Å². The SMILES string of the molecule is CN(C)Cc1ccc([Si](c2ccc(CN(C)C)cc2)(c2ccc(CN(C)C)cc2)c2ccc(CN(C)C)cc2)cc1. The first-order valence-electron chi connectivity index (χ1n) is 14.5. The Hall–Kier alpha value is -3.06. The van der Waals surface area contributed by atoms with Gasteiger partial charge in [0.25, 0.3) is 0 Å². The molecule has 41 heavy (non-hydrogen) atoms. The van der Waals surface area contributed by atoms with E-state index in [-0.39, 0.29) is 0 Å². The monoisotopic (exact) mass is 564 g/mol. The number of nitrogens with zero attached hydrogens (tertiary/aromatic N) is 4. The van der Waals surface area contributed by atoms with Gasteiger partial charge in [-0.25, -0.2) is 0 Å². The third-order valence-corrected chi connectivity index (χ3v) is 12.3. The molecule has 0 spiro atoms. The Morgan fingerprint density at radius 1 is 0.317 bits per heavy atom. The van der Waals surface area contributed by atoms with Crippen molar-refractivity contribution in [3.63, 3.8) is 0 Å². The van der Waals surface area contributed by atoms with E-state index in [4.69, 9.17) is 0 Å². The standard InChI is InChI=1S/C36H48N4Si/c1-37(2)25-29-9-17-33(18-10-29)41(34-19-11-30(12-20-34)26-38(3)4,35-21-13-31(14-22-35)27-39(5)6)36-23-15-32(16-24-36)28-40(7)8/h9-24H,25-28H2,1-8H3. The van der Waals surface area contributed by atoms with Crippen LogP contribution in [0.1, 0.15) is 22.3 Å². The van der Waals surface area contributed by atoms with E-state index >= 15 is 0 Å². The average molecular weight is 565 g/mol. The predicted molar refractivity (Wildman–Crippen MR) is 180 cm³/mol. The minimum atomic E-state index is -2.61. The van der Waals surface area contributed by atoms with Crippen LogP contribution in [0.3, 0.4) is 0 Å². The zero-order valence-electron chi connectivity index (χ0n) is 26.4. The van der Waals surface area contributed by atoms with Crippen molar-refractivity contribution < 1.29 is 0 Å². The summed E-state index contributed by atoms with van der Waals surface area (Å²) in [5.41, 5.74) is 5.35. The van der Waals surface area contributed by atoms with Crippen LogP contribution in [0.25, 0.3) is 0 Å². The third-order valence-electron chi connectivity index (χ3n) is 7.54. The van der Waals surface area contributed by atoms with Crippen LogP contribution in [0.2, 0.25) is 0 Å². The van der Waals surface area contributed by atoms with Crippen molar-refractivity contribution in [2.24, 2.45) is 0 Å². The lowest BCUT2D eigenvalue weighted by atomic mass is 10.2. The minimum Gasteiger partial charge on any atom is -0.305 e. The summed E-state index contributed by atoms with van der Waals surface area (Å²) in [6, 6.07) is 37.9. The van der Waals surface area contributed by atoms with Gasteiger partial charge in [-0.05, 0) is 99.4 Å². The molecule has 0 aromatic heterocycles. The highest BCUT2D eigenvalue weighted by molar-refractivity contribution is 7.19. The van der Waals surface area contributed by atoms with Gasteiger partial charge in [-0.3, -0.25) is 0 Å². The molecule has 0 saturated heterocycles. The van der Waals surface area contributed by atoms with Gasteiger partial charge in [0.05, 0.1) is 0 Å². The van der Waals surface area contributed by atoms with Gasteiger partial charge < -0.3 is 19.6 Å². The Bertz CT molecular complexity index is 1140. The lowest BCUT2D eigenvalue weighted by Crippen LogP contribution is -2.74. The molecule has 4 aromatic rings. The molecule has 4 aromatic carbocycles. The molecular weight excluding hydrogens is 517 g/mol. The summed E-state index contributed by atoms with van der Waals surface area (Å²) in [6.45, 7) is 3.75. The van der Waals surface area contributed by atoms with Crippen LogP contribution < -0.4 is 20.7 Å². The van der Waals surface area contributed by atoms with Gasteiger partial charge in [-0.15, -0.1) is 0 Å². The molecule has 0 unspecified atom stereocenters. The molecular formula is C36H48N4Si. The highest BCUT2D eigenvalue weighted by Crippen LogP contribution is 2.14. The molecule has 0 N–H and O–H groups in total. The molecule has 0 aliphatic carbocycles. The van der Waals surface area contributed by atoms with Gasteiger partial charge in [0.1, 0.15) is 0 Å². The molecule has 5 heteroatoms. The summed E-state index contributed by atoms with van der Waals surface area (Å²) in [5, 5.41) is 5.67. The summed E-state index contributed by atoms with van der Waals surface area (Å²) in [7, 11) is 14.4. The quantitative estimate of drug-likeness (QED) is 0.193. The normalized spacial score (nSPS) is 12.2. The van der Waals surface area contributed by atoms with E-state index in [0.717, 1.165) is 26.2 Å². The van der Waals surface area contributed by atoms with Gasteiger partial charge in [0.15, 0.2) is 8.07 Å². The topological polar surface area (TPSA) is 13.0 Å². The third kappa shape index (κ3) is 7.62. The first kappa shape index (κ1) is 30.9. The van der Waals surface area contributed by atoms with E-state index in [1.54, 1.807) is 0 Å². The zero-order chi connectivity index (χ0) is 29.6. The highest BCUT2D eigenvalue weighted by atomic mass is 28.3. The van der Waals surface area contributed by atoms with E-state index in [9.17, 15) is 0 Å². The number of benzene rings is 4. The maximum atomic E-state index is 2.40. The average Bonchev–Trinajstić information content (AvgIpc) is 2.91. The van der Waals surface area contributed by atoms with Crippen LogP contribution in [0.15, 0.2) is 97.1 Å². The second-order valence-corrected chi connectivity index (χ2v) is 16.3. The van der Waals surface area contributed by atoms with Crippen LogP contribution in [-0.4, -0.2) is 84.1 Å². The van der Waals surface area contributed by atoms with Crippen LogP contribution in [0.5, 0.6) is 0 Å². The molecule has 0 fully saturated rings. The van der Waals surface area contributed by atoms with E-state index in [0.29, 0.717) is 0 Å². The maximum absolute atomic E-state index is 2.61. The van der Waals surface area contributed by atoms with Crippen molar-refractivity contribution >= 4 is 28.8 Å². The van der Waals surface area contributed by atoms with Gasteiger partial charge in [-0.1, -0.05) is 97.1 Å². The number of rotatable bonds is 12. The molecule has 0 heterocycles. The lowest BCUT2D eigenvalue weighted by molar-refractivity contribution is 0.402. The maximum Gasteiger partial charge on any atom is 0.179 e. The molecule has 0 saturated carbocycles. The second-order valence-electron chi connectivity index (χ2n) is 12.5. The fraction of sp³-hybridized carbons (Fsp3) is 0.333. The number of hydrogen-bond acceptors (Lipinski definition) is 4. The van der Waals surface area contributed by atoms with Gasteiger partial charge in [0, 0.05) is 26.2 Å². The Morgan fingerprint density at radius 2 is 0.488 bits per heavy atom. The van der Waals surface area contributed by atoms with Crippen molar-refractivity contribution in [1.29, 1.82) is 0 Å². The van der Waals surface area contributed by atoms with Crippen LogP contribution in [-0.2, 0) is 26.2 Å². The largest absolute Gasteiger partial charge is 0.305 e. The molecule has 216 valence electrons. The Morgan fingerprint density at radius 3 is 0.634 bits per heavy atom. The smallest absolute Gasteiger partial charge is 0.179 e. The molecule has 0 atom stereocenters.